The van der Waals surface area contributed by atoms with Crippen LogP contribution in [0.4, 0.5) is 17.1 Å². The summed E-state index contributed by atoms with van der Waals surface area (Å²) in [7, 11) is -2.27. The highest BCUT2D eigenvalue weighted by molar-refractivity contribution is 7.92. The number of thiocarbonyl (C=S) groups is 1. The van der Waals surface area contributed by atoms with Gasteiger partial charge in [0.1, 0.15) is 0 Å². The number of benzene rings is 2. The standard InChI is InChI=1S/C15H16N4O4S2/c1-10-3-8-13(19(20)21)9-14(10)25(22,23)18-12-6-4-11(5-7-12)17-15(24)16-2/h3-9,18H,1-2H3,(H2,16,17,24). The molecule has 0 heterocycles. The molecule has 8 nitrogen and oxygen atoms in total. The van der Waals surface area contributed by atoms with E-state index in [1.807, 2.05) is 0 Å². The molecular formula is C15H16N4O4S2. The number of nitrogens with one attached hydrogen (secondary N) is 3. The van der Waals surface area contributed by atoms with Crippen molar-refractivity contribution in [3.63, 3.8) is 0 Å². The molecule has 0 aliphatic rings. The molecule has 0 saturated carbocycles. The SMILES string of the molecule is CNC(=S)Nc1ccc(NS(=O)(=O)c2cc([N+](=O)[O-])ccc2C)cc1. The molecule has 10 heteroatoms. The number of nitro benzene ring substituents is 1. The maximum atomic E-state index is 12.5. The third-order valence-electron chi connectivity index (χ3n) is 3.29. The van der Waals surface area contributed by atoms with E-state index < -0.39 is 14.9 Å². The number of nitro groups is 1. The Morgan fingerprint density at radius 2 is 1.72 bits per heavy atom. The highest BCUT2D eigenvalue weighted by atomic mass is 32.2. The van der Waals surface area contributed by atoms with Crippen molar-refractivity contribution in [2.45, 2.75) is 11.8 Å². The van der Waals surface area contributed by atoms with E-state index in [9.17, 15) is 18.5 Å². The van der Waals surface area contributed by atoms with Crippen molar-refractivity contribution >= 4 is 44.4 Å². The van der Waals surface area contributed by atoms with Crippen LogP contribution in [0.25, 0.3) is 0 Å². The first-order valence-corrected chi connectivity index (χ1v) is 8.99. The Balaban J connectivity index is 2.25. The van der Waals surface area contributed by atoms with Crippen LogP contribution in [0.1, 0.15) is 5.56 Å². The Morgan fingerprint density at radius 1 is 1.12 bits per heavy atom. The summed E-state index contributed by atoms with van der Waals surface area (Å²) in [6.45, 7) is 1.57. The third-order valence-corrected chi connectivity index (χ3v) is 5.12. The molecule has 0 fully saturated rings. The van der Waals surface area contributed by atoms with Crippen LogP contribution in [0.2, 0.25) is 0 Å². The lowest BCUT2D eigenvalue weighted by Crippen LogP contribution is -2.24. The van der Waals surface area contributed by atoms with Crippen molar-refractivity contribution in [3.8, 4) is 0 Å². The van der Waals surface area contributed by atoms with Crippen LogP contribution < -0.4 is 15.4 Å². The van der Waals surface area contributed by atoms with E-state index in [1.54, 1.807) is 38.2 Å². The Bertz CT molecular complexity index is 912. The lowest BCUT2D eigenvalue weighted by molar-refractivity contribution is -0.385. The van der Waals surface area contributed by atoms with E-state index in [2.05, 4.69) is 15.4 Å². The van der Waals surface area contributed by atoms with Gasteiger partial charge in [-0.3, -0.25) is 14.8 Å². The summed E-state index contributed by atoms with van der Waals surface area (Å²) in [5.41, 5.74) is 1.14. The molecule has 0 atom stereocenters. The van der Waals surface area contributed by atoms with Gasteiger partial charge in [0.25, 0.3) is 15.7 Å². The Hall–Kier alpha value is -2.72. The normalized spacial score (nSPS) is 10.8. The van der Waals surface area contributed by atoms with Crippen LogP contribution in [0.3, 0.4) is 0 Å². The minimum atomic E-state index is -3.95. The van der Waals surface area contributed by atoms with Gasteiger partial charge < -0.3 is 10.6 Å². The molecular weight excluding hydrogens is 364 g/mol. The second kappa shape index (κ2) is 7.45. The number of anilines is 2. The lowest BCUT2D eigenvalue weighted by Gasteiger charge is -2.11. The summed E-state index contributed by atoms with van der Waals surface area (Å²) in [6.07, 6.45) is 0. The highest BCUT2D eigenvalue weighted by Gasteiger charge is 2.20. The van der Waals surface area contributed by atoms with Crippen molar-refractivity contribution in [1.82, 2.24) is 5.32 Å². The minimum absolute atomic E-state index is 0.139. The molecule has 0 unspecified atom stereocenters. The number of hydrogen-bond acceptors (Lipinski definition) is 5. The van der Waals surface area contributed by atoms with Gasteiger partial charge in [0.05, 0.1) is 9.82 Å². The number of aryl methyl sites for hydroxylation is 1. The fraction of sp³-hybridized carbons (Fsp3) is 0.133. The van der Waals surface area contributed by atoms with Crippen LogP contribution in [-0.4, -0.2) is 25.5 Å². The van der Waals surface area contributed by atoms with Crippen molar-refractivity contribution in [3.05, 3.63) is 58.1 Å². The van der Waals surface area contributed by atoms with Gasteiger partial charge in [-0.1, -0.05) is 6.07 Å². The number of rotatable bonds is 5. The van der Waals surface area contributed by atoms with E-state index in [0.717, 1.165) is 6.07 Å². The monoisotopic (exact) mass is 380 g/mol. The summed E-state index contributed by atoms with van der Waals surface area (Å²) in [6, 6.07) is 10.1. The van der Waals surface area contributed by atoms with Crippen molar-refractivity contribution in [2.24, 2.45) is 0 Å². The number of hydrogen-bond donors (Lipinski definition) is 3. The minimum Gasteiger partial charge on any atom is -0.366 e. The van der Waals surface area contributed by atoms with E-state index >= 15 is 0 Å². The van der Waals surface area contributed by atoms with Gasteiger partial charge in [-0.25, -0.2) is 8.42 Å². The molecule has 0 aliphatic heterocycles. The molecule has 0 bridgehead atoms. The van der Waals surface area contributed by atoms with Crippen LogP contribution in [0, 0.1) is 17.0 Å². The zero-order valence-corrected chi connectivity index (χ0v) is 15.1. The molecule has 0 aliphatic carbocycles. The third kappa shape index (κ3) is 4.64. The number of non-ortho nitro benzene ring substituents is 1. The molecule has 2 aromatic carbocycles. The summed E-state index contributed by atoms with van der Waals surface area (Å²) >= 11 is 4.98. The van der Waals surface area contributed by atoms with Gasteiger partial charge in [0, 0.05) is 30.6 Å². The van der Waals surface area contributed by atoms with Crippen LogP contribution >= 0.6 is 12.2 Å². The Kier molecular flexibility index (Phi) is 5.55. The maximum absolute atomic E-state index is 12.5. The summed E-state index contributed by atoms with van der Waals surface area (Å²) < 4.78 is 27.5. The van der Waals surface area contributed by atoms with Gasteiger partial charge in [0.15, 0.2) is 5.11 Å². The highest BCUT2D eigenvalue weighted by Crippen LogP contribution is 2.24. The number of nitrogens with zero attached hydrogens (tertiary/aromatic N) is 1. The maximum Gasteiger partial charge on any atom is 0.270 e. The lowest BCUT2D eigenvalue weighted by atomic mass is 10.2. The molecule has 2 aromatic rings. The molecule has 3 N–H and O–H groups in total. The van der Waals surface area contributed by atoms with Crippen molar-refractivity contribution in [2.75, 3.05) is 17.1 Å². The van der Waals surface area contributed by atoms with Crippen LogP contribution in [-0.2, 0) is 10.0 Å². The van der Waals surface area contributed by atoms with Gasteiger partial charge in [-0.15, -0.1) is 0 Å². The zero-order valence-electron chi connectivity index (χ0n) is 13.4. The fourth-order valence-electron chi connectivity index (χ4n) is 2.02. The zero-order chi connectivity index (χ0) is 18.6. The molecule has 0 spiro atoms. The van der Waals surface area contributed by atoms with E-state index in [-0.39, 0.29) is 10.6 Å². The predicted octanol–water partition coefficient (Wildman–Crippen LogP) is 2.62. The smallest absolute Gasteiger partial charge is 0.270 e. The molecule has 132 valence electrons. The van der Waals surface area contributed by atoms with E-state index in [4.69, 9.17) is 12.2 Å². The molecule has 0 aromatic heterocycles. The predicted molar refractivity (Wildman–Crippen MR) is 100 cm³/mol. The van der Waals surface area contributed by atoms with E-state index in [0.29, 0.717) is 22.1 Å². The average molecular weight is 380 g/mol. The second-order valence-electron chi connectivity index (χ2n) is 5.09. The molecule has 2 rings (SSSR count). The largest absolute Gasteiger partial charge is 0.366 e. The first kappa shape index (κ1) is 18.6. The van der Waals surface area contributed by atoms with Crippen LogP contribution in [0.15, 0.2) is 47.4 Å². The Morgan fingerprint density at radius 3 is 2.28 bits per heavy atom. The van der Waals surface area contributed by atoms with Crippen molar-refractivity contribution in [1.29, 1.82) is 0 Å². The molecule has 25 heavy (non-hydrogen) atoms. The summed E-state index contributed by atoms with van der Waals surface area (Å²) in [5, 5.41) is 17.0. The first-order chi connectivity index (χ1) is 11.7. The van der Waals surface area contributed by atoms with E-state index in [1.165, 1.54) is 12.1 Å². The van der Waals surface area contributed by atoms with Gasteiger partial charge >= 0.3 is 0 Å². The Labute approximate surface area is 150 Å². The van der Waals surface area contributed by atoms with Crippen molar-refractivity contribution < 1.29 is 13.3 Å². The van der Waals surface area contributed by atoms with Gasteiger partial charge in [0.2, 0.25) is 0 Å². The topological polar surface area (TPSA) is 113 Å². The average Bonchev–Trinajstić information content (AvgIpc) is 2.56. The fourth-order valence-corrected chi connectivity index (χ4v) is 3.46. The molecule has 0 saturated heterocycles. The van der Waals surface area contributed by atoms with Gasteiger partial charge in [-0.05, 0) is 49.0 Å². The van der Waals surface area contributed by atoms with Gasteiger partial charge in [-0.2, -0.15) is 0 Å². The molecule has 0 radical (unpaired) electrons. The quantitative estimate of drug-likeness (QED) is 0.415. The number of sulfonamides is 1. The summed E-state index contributed by atoms with van der Waals surface area (Å²) in [4.78, 5) is 10.1. The first-order valence-electron chi connectivity index (χ1n) is 7.09. The molecule has 0 amide bonds. The van der Waals surface area contributed by atoms with Crippen LogP contribution in [0.5, 0.6) is 0 Å². The second-order valence-corrected chi connectivity index (χ2v) is 7.15. The summed E-state index contributed by atoms with van der Waals surface area (Å²) in [5.74, 6) is 0.